The molecule has 1 aromatic heterocycles. The maximum Gasteiger partial charge on any atom is 0.258 e. The van der Waals surface area contributed by atoms with Crippen LogP contribution in [-0.4, -0.2) is 4.57 Å². The van der Waals surface area contributed by atoms with Crippen LogP contribution in [-0.2, 0) is 6.54 Å². The molecule has 2 aromatic carbocycles. The van der Waals surface area contributed by atoms with E-state index in [0.717, 1.165) is 10.0 Å². The molecule has 0 bridgehead atoms. The van der Waals surface area contributed by atoms with Crippen molar-refractivity contribution < 1.29 is 4.39 Å². The average molecular weight is 332 g/mol. The van der Waals surface area contributed by atoms with Crippen LogP contribution in [0.25, 0.3) is 10.8 Å². The van der Waals surface area contributed by atoms with E-state index < -0.39 is 0 Å². The van der Waals surface area contributed by atoms with Gasteiger partial charge in [-0.2, -0.15) is 0 Å². The summed E-state index contributed by atoms with van der Waals surface area (Å²) in [4.78, 5) is 12.4. The number of benzene rings is 2. The van der Waals surface area contributed by atoms with Crippen LogP contribution in [0.5, 0.6) is 0 Å². The van der Waals surface area contributed by atoms with Crippen molar-refractivity contribution >= 4 is 26.7 Å². The van der Waals surface area contributed by atoms with Gasteiger partial charge in [0.15, 0.2) is 0 Å². The number of halogens is 2. The van der Waals surface area contributed by atoms with Gasteiger partial charge in [-0.05, 0) is 17.7 Å². The van der Waals surface area contributed by atoms with Gasteiger partial charge in [-0.1, -0.05) is 52.3 Å². The highest BCUT2D eigenvalue weighted by atomic mass is 79.9. The van der Waals surface area contributed by atoms with Crippen LogP contribution in [0.3, 0.4) is 0 Å². The number of pyridine rings is 1. The zero-order chi connectivity index (χ0) is 14.1. The SMILES string of the molecule is O=c1c2cc(Br)ccc2c(F)cn1Cc1ccccc1. The van der Waals surface area contributed by atoms with Crippen molar-refractivity contribution in [3.05, 3.63) is 80.9 Å². The lowest BCUT2D eigenvalue weighted by atomic mass is 10.1. The largest absolute Gasteiger partial charge is 0.308 e. The summed E-state index contributed by atoms with van der Waals surface area (Å²) in [6.07, 6.45) is 1.27. The van der Waals surface area contributed by atoms with E-state index in [2.05, 4.69) is 15.9 Å². The van der Waals surface area contributed by atoms with Crippen molar-refractivity contribution in [1.29, 1.82) is 0 Å². The highest BCUT2D eigenvalue weighted by Crippen LogP contribution is 2.19. The zero-order valence-electron chi connectivity index (χ0n) is 10.5. The number of rotatable bonds is 2. The van der Waals surface area contributed by atoms with Crippen LogP contribution < -0.4 is 5.56 Å². The topological polar surface area (TPSA) is 22.0 Å². The number of hydrogen-bond donors (Lipinski definition) is 0. The molecule has 0 N–H and O–H groups in total. The van der Waals surface area contributed by atoms with E-state index in [0.29, 0.717) is 17.3 Å². The zero-order valence-corrected chi connectivity index (χ0v) is 12.1. The Morgan fingerprint density at radius 3 is 2.55 bits per heavy atom. The number of aromatic nitrogens is 1. The highest BCUT2D eigenvalue weighted by molar-refractivity contribution is 9.10. The second kappa shape index (κ2) is 5.21. The van der Waals surface area contributed by atoms with E-state index >= 15 is 0 Å². The molecule has 0 aliphatic rings. The van der Waals surface area contributed by atoms with Gasteiger partial charge in [0.05, 0.1) is 11.9 Å². The quantitative estimate of drug-likeness (QED) is 0.696. The smallest absolute Gasteiger partial charge is 0.258 e. The van der Waals surface area contributed by atoms with E-state index in [9.17, 15) is 9.18 Å². The summed E-state index contributed by atoms with van der Waals surface area (Å²) in [7, 11) is 0. The second-order valence-corrected chi connectivity index (χ2v) is 5.50. The summed E-state index contributed by atoms with van der Waals surface area (Å²) >= 11 is 3.31. The van der Waals surface area contributed by atoms with Gasteiger partial charge in [0.1, 0.15) is 5.82 Å². The molecule has 3 aromatic rings. The van der Waals surface area contributed by atoms with Crippen LogP contribution in [0.1, 0.15) is 5.56 Å². The number of hydrogen-bond acceptors (Lipinski definition) is 1. The van der Waals surface area contributed by atoms with Gasteiger partial charge in [-0.25, -0.2) is 4.39 Å². The highest BCUT2D eigenvalue weighted by Gasteiger charge is 2.09. The van der Waals surface area contributed by atoms with Gasteiger partial charge < -0.3 is 4.57 Å². The van der Waals surface area contributed by atoms with Crippen molar-refractivity contribution in [1.82, 2.24) is 4.57 Å². The molecule has 100 valence electrons. The molecule has 0 atom stereocenters. The molecule has 0 fully saturated rings. The van der Waals surface area contributed by atoms with E-state index in [1.807, 2.05) is 30.3 Å². The molecule has 0 saturated heterocycles. The number of nitrogens with zero attached hydrogens (tertiary/aromatic N) is 1. The predicted molar refractivity (Wildman–Crippen MR) is 81.4 cm³/mol. The lowest BCUT2D eigenvalue weighted by Gasteiger charge is -2.09. The normalized spacial score (nSPS) is 10.9. The molecule has 0 saturated carbocycles. The molecule has 3 rings (SSSR count). The third kappa shape index (κ3) is 2.39. The third-order valence-corrected chi connectivity index (χ3v) is 3.69. The Morgan fingerprint density at radius 1 is 1.05 bits per heavy atom. The Kier molecular flexibility index (Phi) is 3.40. The molecule has 0 spiro atoms. The third-order valence-electron chi connectivity index (χ3n) is 3.20. The van der Waals surface area contributed by atoms with Crippen LogP contribution >= 0.6 is 15.9 Å². The van der Waals surface area contributed by atoms with Crippen LogP contribution in [0.15, 0.2) is 64.0 Å². The van der Waals surface area contributed by atoms with Crippen molar-refractivity contribution in [2.45, 2.75) is 6.54 Å². The first-order valence-corrected chi connectivity index (χ1v) is 6.96. The molecular formula is C16H11BrFNO. The standard InChI is InChI=1S/C16H11BrFNO/c17-12-6-7-13-14(8-12)16(20)19(10-15(13)18)9-11-4-2-1-3-5-11/h1-8,10H,9H2. The molecular weight excluding hydrogens is 321 g/mol. The average Bonchev–Trinajstić information content (AvgIpc) is 2.45. The fourth-order valence-electron chi connectivity index (χ4n) is 2.22. The first-order chi connectivity index (χ1) is 9.65. The summed E-state index contributed by atoms with van der Waals surface area (Å²) < 4.78 is 16.3. The van der Waals surface area contributed by atoms with Crippen LogP contribution in [0.4, 0.5) is 4.39 Å². The van der Waals surface area contributed by atoms with Gasteiger partial charge in [-0.3, -0.25) is 4.79 Å². The Balaban J connectivity index is 2.17. The number of fused-ring (bicyclic) bond motifs is 1. The van der Waals surface area contributed by atoms with Gasteiger partial charge >= 0.3 is 0 Å². The first kappa shape index (κ1) is 13.1. The summed E-state index contributed by atoms with van der Waals surface area (Å²) in [6, 6.07) is 14.5. The van der Waals surface area contributed by atoms with E-state index in [1.54, 1.807) is 18.2 Å². The van der Waals surface area contributed by atoms with Crippen molar-refractivity contribution in [3.63, 3.8) is 0 Å². The van der Waals surface area contributed by atoms with E-state index in [1.165, 1.54) is 10.8 Å². The minimum absolute atomic E-state index is 0.188. The molecule has 0 unspecified atom stereocenters. The van der Waals surface area contributed by atoms with E-state index in [4.69, 9.17) is 0 Å². The van der Waals surface area contributed by atoms with Gasteiger partial charge in [0.25, 0.3) is 5.56 Å². The molecule has 1 heterocycles. The van der Waals surface area contributed by atoms with Gasteiger partial charge in [0.2, 0.25) is 0 Å². The Morgan fingerprint density at radius 2 is 1.80 bits per heavy atom. The molecule has 20 heavy (non-hydrogen) atoms. The fourth-order valence-corrected chi connectivity index (χ4v) is 2.58. The molecule has 0 aliphatic heterocycles. The molecule has 0 radical (unpaired) electrons. The minimum atomic E-state index is -0.386. The van der Waals surface area contributed by atoms with Gasteiger partial charge in [-0.15, -0.1) is 0 Å². The van der Waals surface area contributed by atoms with Crippen LogP contribution in [0.2, 0.25) is 0 Å². The monoisotopic (exact) mass is 331 g/mol. The predicted octanol–water partition coefficient (Wildman–Crippen LogP) is 3.95. The summed E-state index contributed by atoms with van der Waals surface area (Å²) in [5.74, 6) is -0.386. The lowest BCUT2D eigenvalue weighted by molar-refractivity contribution is 0.609. The van der Waals surface area contributed by atoms with Crippen molar-refractivity contribution in [2.24, 2.45) is 0 Å². The van der Waals surface area contributed by atoms with Crippen LogP contribution in [0, 0.1) is 5.82 Å². The maximum absolute atomic E-state index is 14.1. The summed E-state index contributed by atoms with van der Waals surface area (Å²) in [5, 5.41) is 0.734. The summed E-state index contributed by atoms with van der Waals surface area (Å²) in [6.45, 7) is 0.360. The lowest BCUT2D eigenvalue weighted by Crippen LogP contribution is -2.21. The van der Waals surface area contributed by atoms with Crippen molar-refractivity contribution in [2.75, 3.05) is 0 Å². The molecule has 0 amide bonds. The Bertz CT molecular complexity index is 827. The first-order valence-electron chi connectivity index (χ1n) is 6.17. The summed E-state index contributed by atoms with van der Waals surface area (Å²) in [5.41, 5.74) is 0.773. The molecule has 4 heteroatoms. The fraction of sp³-hybridized carbons (Fsp3) is 0.0625. The van der Waals surface area contributed by atoms with Gasteiger partial charge in [0, 0.05) is 16.1 Å². The second-order valence-electron chi connectivity index (χ2n) is 4.59. The minimum Gasteiger partial charge on any atom is -0.308 e. The van der Waals surface area contributed by atoms with Crippen molar-refractivity contribution in [3.8, 4) is 0 Å². The van der Waals surface area contributed by atoms with E-state index in [-0.39, 0.29) is 11.4 Å². The molecule has 0 aliphatic carbocycles. The Hall–Kier alpha value is -1.94. The maximum atomic E-state index is 14.1. The molecule has 2 nitrogen and oxygen atoms in total. The Labute approximate surface area is 123 Å².